The average molecular weight is 382 g/mol. The van der Waals surface area contributed by atoms with Crippen LogP contribution in [0.4, 0.5) is 5.69 Å². The third-order valence-electron chi connectivity index (χ3n) is 5.32. The minimum absolute atomic E-state index is 0.0386. The average Bonchev–Trinajstić information content (AvgIpc) is 3.10. The summed E-state index contributed by atoms with van der Waals surface area (Å²) in [5.41, 5.74) is 3.85. The maximum absolute atomic E-state index is 12.8. The van der Waals surface area contributed by atoms with Crippen LogP contribution in [0.5, 0.6) is 5.75 Å². The number of anilines is 1. The second kappa shape index (κ2) is 8.20. The van der Waals surface area contributed by atoms with Crippen LogP contribution in [0.2, 0.25) is 0 Å². The molecule has 144 valence electrons. The summed E-state index contributed by atoms with van der Waals surface area (Å²) in [7, 11) is 0. The lowest BCUT2D eigenvalue weighted by molar-refractivity contribution is -0.117. The lowest BCUT2D eigenvalue weighted by Gasteiger charge is -2.24. The highest BCUT2D eigenvalue weighted by Crippen LogP contribution is 2.40. The Hall–Kier alpha value is -3.58. The fraction of sp³-hybridized carbons (Fsp3) is 0.200. The Kier molecular flexibility index (Phi) is 5.31. The topological polar surface area (TPSA) is 53.3 Å². The number of hydrogen-bond donors (Lipinski definition) is 0. The number of rotatable bonds is 5. The number of aryl methyl sites for hydroxylation is 1. The minimum Gasteiger partial charge on any atom is -0.489 e. The van der Waals surface area contributed by atoms with Gasteiger partial charge < -0.3 is 4.74 Å². The molecule has 1 saturated heterocycles. The van der Waals surface area contributed by atoms with E-state index in [-0.39, 0.29) is 18.2 Å². The summed E-state index contributed by atoms with van der Waals surface area (Å²) in [6.07, 6.45) is 0.289. The molecule has 2 unspecified atom stereocenters. The molecule has 1 heterocycles. The number of nitrogens with zero attached hydrogens (tertiary/aromatic N) is 2. The predicted octanol–water partition coefficient (Wildman–Crippen LogP) is 4.99. The van der Waals surface area contributed by atoms with Gasteiger partial charge in [0.25, 0.3) is 0 Å². The van der Waals surface area contributed by atoms with Crippen molar-refractivity contribution in [2.24, 2.45) is 0 Å². The molecule has 0 bridgehead atoms. The molecule has 1 aliphatic rings. The van der Waals surface area contributed by atoms with Crippen LogP contribution in [0.3, 0.4) is 0 Å². The van der Waals surface area contributed by atoms with Crippen LogP contribution in [0, 0.1) is 18.3 Å². The Bertz CT molecular complexity index is 1040. The van der Waals surface area contributed by atoms with Crippen LogP contribution < -0.4 is 9.64 Å². The van der Waals surface area contributed by atoms with E-state index in [0.717, 1.165) is 28.1 Å². The molecule has 0 radical (unpaired) electrons. The molecule has 0 spiro atoms. The molecule has 29 heavy (non-hydrogen) atoms. The number of amides is 1. The van der Waals surface area contributed by atoms with Crippen LogP contribution in [0.1, 0.15) is 29.0 Å². The highest BCUT2D eigenvalue weighted by Gasteiger charge is 2.42. The molecule has 1 amide bonds. The standard InChI is InChI=1S/C25H22N2O2/c1-18-11-13-20(14-12-18)27-23(16-26)22(15-25(27)28)21-9-5-6-10-24(21)29-17-19-7-3-2-4-8-19/h2-14,22-23H,15,17H2,1H3. The van der Waals surface area contributed by atoms with Crippen molar-refractivity contribution in [2.45, 2.75) is 31.9 Å². The quantitative estimate of drug-likeness (QED) is 0.625. The summed E-state index contributed by atoms with van der Waals surface area (Å²) in [4.78, 5) is 14.5. The van der Waals surface area contributed by atoms with Gasteiger partial charge in [-0.3, -0.25) is 9.69 Å². The van der Waals surface area contributed by atoms with Crippen LogP contribution in [0.15, 0.2) is 78.9 Å². The Labute approximate surface area is 171 Å². The van der Waals surface area contributed by atoms with Crippen molar-refractivity contribution in [1.82, 2.24) is 0 Å². The fourth-order valence-corrected chi connectivity index (χ4v) is 3.82. The van der Waals surface area contributed by atoms with Gasteiger partial charge in [0, 0.05) is 23.6 Å². The molecule has 4 nitrogen and oxygen atoms in total. The zero-order valence-corrected chi connectivity index (χ0v) is 16.3. The van der Waals surface area contributed by atoms with Gasteiger partial charge in [0.2, 0.25) is 5.91 Å². The first-order valence-electron chi connectivity index (χ1n) is 9.71. The van der Waals surface area contributed by atoms with E-state index >= 15 is 0 Å². The molecule has 2 atom stereocenters. The SMILES string of the molecule is Cc1ccc(N2C(=O)CC(c3ccccc3OCc3ccccc3)C2C#N)cc1. The molecular formula is C25H22N2O2. The minimum atomic E-state index is -0.563. The third-order valence-corrected chi connectivity index (χ3v) is 5.32. The summed E-state index contributed by atoms with van der Waals surface area (Å²) < 4.78 is 6.08. The van der Waals surface area contributed by atoms with E-state index < -0.39 is 6.04 Å². The van der Waals surface area contributed by atoms with Crippen LogP contribution in [-0.2, 0) is 11.4 Å². The molecular weight excluding hydrogens is 360 g/mol. The second-order valence-electron chi connectivity index (χ2n) is 7.30. The highest BCUT2D eigenvalue weighted by atomic mass is 16.5. The molecule has 3 aromatic rings. The largest absolute Gasteiger partial charge is 0.489 e. The van der Waals surface area contributed by atoms with Gasteiger partial charge in [-0.25, -0.2) is 0 Å². The van der Waals surface area contributed by atoms with E-state index in [4.69, 9.17) is 4.74 Å². The first-order chi connectivity index (χ1) is 14.2. The number of carbonyl (C=O) groups excluding carboxylic acids is 1. The highest BCUT2D eigenvalue weighted by molar-refractivity contribution is 5.98. The molecule has 1 fully saturated rings. The number of carbonyl (C=O) groups is 1. The molecule has 1 aliphatic heterocycles. The van der Waals surface area contributed by atoms with Gasteiger partial charge in [-0.2, -0.15) is 5.26 Å². The van der Waals surface area contributed by atoms with Gasteiger partial charge >= 0.3 is 0 Å². The Balaban J connectivity index is 1.62. The summed E-state index contributed by atoms with van der Waals surface area (Å²) >= 11 is 0. The van der Waals surface area contributed by atoms with Crippen LogP contribution >= 0.6 is 0 Å². The van der Waals surface area contributed by atoms with Crippen LogP contribution in [0.25, 0.3) is 0 Å². The van der Waals surface area contributed by atoms with Crippen molar-refractivity contribution in [2.75, 3.05) is 4.90 Å². The van der Waals surface area contributed by atoms with E-state index in [1.165, 1.54) is 0 Å². The lowest BCUT2D eigenvalue weighted by Crippen LogP contribution is -2.33. The van der Waals surface area contributed by atoms with E-state index in [2.05, 4.69) is 6.07 Å². The predicted molar refractivity (Wildman–Crippen MR) is 113 cm³/mol. The molecule has 0 N–H and O–H groups in total. The van der Waals surface area contributed by atoms with Crippen molar-refractivity contribution in [3.05, 3.63) is 95.6 Å². The van der Waals surface area contributed by atoms with Crippen molar-refractivity contribution >= 4 is 11.6 Å². The van der Waals surface area contributed by atoms with Crippen molar-refractivity contribution in [3.63, 3.8) is 0 Å². The fourth-order valence-electron chi connectivity index (χ4n) is 3.82. The Morgan fingerprint density at radius 2 is 1.69 bits per heavy atom. The molecule has 0 aromatic heterocycles. The zero-order chi connectivity index (χ0) is 20.2. The monoisotopic (exact) mass is 382 g/mol. The van der Waals surface area contributed by atoms with E-state index in [1.54, 1.807) is 4.90 Å². The smallest absolute Gasteiger partial charge is 0.228 e. The molecule has 3 aromatic carbocycles. The molecule has 0 aliphatic carbocycles. The van der Waals surface area contributed by atoms with Gasteiger partial charge in [-0.15, -0.1) is 0 Å². The maximum Gasteiger partial charge on any atom is 0.228 e. The van der Waals surface area contributed by atoms with Gasteiger partial charge in [-0.1, -0.05) is 66.2 Å². The summed E-state index contributed by atoms with van der Waals surface area (Å²) in [5.74, 6) is 0.448. The summed E-state index contributed by atoms with van der Waals surface area (Å²) in [6, 6.07) is 27.2. The second-order valence-corrected chi connectivity index (χ2v) is 7.30. The first kappa shape index (κ1) is 18.8. The number of hydrogen-bond acceptors (Lipinski definition) is 3. The van der Waals surface area contributed by atoms with E-state index in [0.29, 0.717) is 6.61 Å². The molecule has 0 saturated carbocycles. The molecule has 4 heteroatoms. The Morgan fingerprint density at radius 1 is 1.00 bits per heavy atom. The van der Waals surface area contributed by atoms with Crippen molar-refractivity contribution in [3.8, 4) is 11.8 Å². The number of nitriles is 1. The van der Waals surface area contributed by atoms with Crippen molar-refractivity contribution < 1.29 is 9.53 Å². The summed E-state index contributed by atoms with van der Waals surface area (Å²) in [5, 5.41) is 9.92. The molecule has 4 rings (SSSR count). The van der Waals surface area contributed by atoms with Gasteiger partial charge in [0.15, 0.2) is 0 Å². The van der Waals surface area contributed by atoms with E-state index in [1.807, 2.05) is 85.8 Å². The van der Waals surface area contributed by atoms with Crippen LogP contribution in [-0.4, -0.2) is 11.9 Å². The first-order valence-corrected chi connectivity index (χ1v) is 9.71. The Morgan fingerprint density at radius 3 is 2.41 bits per heavy atom. The van der Waals surface area contributed by atoms with Gasteiger partial charge in [0.1, 0.15) is 18.4 Å². The van der Waals surface area contributed by atoms with Crippen molar-refractivity contribution in [1.29, 1.82) is 5.26 Å². The number of para-hydroxylation sites is 1. The van der Waals surface area contributed by atoms with Gasteiger partial charge in [0.05, 0.1) is 6.07 Å². The number of ether oxygens (including phenoxy) is 1. The third kappa shape index (κ3) is 3.86. The number of benzene rings is 3. The normalized spacial score (nSPS) is 18.5. The zero-order valence-electron chi connectivity index (χ0n) is 16.3. The maximum atomic E-state index is 12.8. The summed E-state index contributed by atoms with van der Waals surface area (Å²) in [6.45, 7) is 2.44. The van der Waals surface area contributed by atoms with Gasteiger partial charge in [-0.05, 0) is 30.7 Å². The lowest BCUT2D eigenvalue weighted by atomic mass is 9.91. The van der Waals surface area contributed by atoms with E-state index in [9.17, 15) is 10.1 Å².